The van der Waals surface area contributed by atoms with Crippen molar-refractivity contribution in [1.82, 2.24) is 34.1 Å². The van der Waals surface area contributed by atoms with Crippen LogP contribution in [0.3, 0.4) is 0 Å². The maximum atomic E-state index is 13.5. The smallest absolute Gasteiger partial charge is 0.369 e. The number of hydrogen-bond donors (Lipinski definition) is 5. The highest BCUT2D eigenvalue weighted by Crippen LogP contribution is 2.57. The third-order valence-corrected chi connectivity index (χ3v) is 9.68. The van der Waals surface area contributed by atoms with Crippen LogP contribution in [-0.4, -0.2) is 70.3 Å². The van der Waals surface area contributed by atoms with Crippen molar-refractivity contribution in [1.29, 1.82) is 0 Å². The second-order valence-electron chi connectivity index (χ2n) is 9.25. The van der Waals surface area contributed by atoms with Gasteiger partial charge < -0.3 is 34.7 Å². The number of primary amides is 1. The van der Waals surface area contributed by atoms with Gasteiger partial charge in [0.1, 0.15) is 24.1 Å². The fraction of sp³-hybridized carbons (Fsp3) is 0.400. The second-order valence-corrected chi connectivity index (χ2v) is 15.0. The van der Waals surface area contributed by atoms with Crippen molar-refractivity contribution >= 4 is 71.8 Å². The number of H-pyrrole nitrogens is 1. The largest absolute Gasteiger partial charge is 0.386 e. The highest BCUT2D eigenvalue weighted by atomic mass is 32.7. The van der Waals surface area contributed by atoms with E-state index in [1.54, 1.807) is 4.57 Å². The van der Waals surface area contributed by atoms with E-state index in [0.717, 1.165) is 0 Å². The lowest BCUT2D eigenvalue weighted by molar-refractivity contribution is -0.0440. The third-order valence-electron chi connectivity index (χ3n) is 6.44. The molecule has 0 radical (unpaired) electrons. The predicted octanol–water partition coefficient (Wildman–Crippen LogP) is 0.736. The Balaban J connectivity index is 1.35. The van der Waals surface area contributed by atoms with Gasteiger partial charge in [-0.25, -0.2) is 19.5 Å². The van der Waals surface area contributed by atoms with Crippen molar-refractivity contribution in [3.8, 4) is 0 Å². The van der Waals surface area contributed by atoms with Gasteiger partial charge in [0.2, 0.25) is 11.9 Å². The number of aromatic amines is 1. The Labute approximate surface area is 245 Å². The minimum Gasteiger partial charge on any atom is -0.369 e. The maximum Gasteiger partial charge on any atom is 0.386 e. The molecule has 6 heterocycles. The van der Waals surface area contributed by atoms with Crippen LogP contribution in [0.5, 0.6) is 0 Å². The molecule has 6 N–H and O–H groups in total. The van der Waals surface area contributed by atoms with Crippen molar-refractivity contribution in [2.75, 3.05) is 18.9 Å². The van der Waals surface area contributed by atoms with Gasteiger partial charge in [-0.2, -0.15) is 4.98 Å². The van der Waals surface area contributed by atoms with Crippen LogP contribution in [0.25, 0.3) is 22.3 Å². The van der Waals surface area contributed by atoms with Crippen LogP contribution in [-0.2, 0) is 52.4 Å². The van der Waals surface area contributed by atoms with Gasteiger partial charge in [0, 0.05) is 19.2 Å². The van der Waals surface area contributed by atoms with E-state index in [1.165, 1.54) is 23.2 Å². The molecule has 18 nitrogen and oxygen atoms in total. The summed E-state index contributed by atoms with van der Waals surface area (Å²) in [6.45, 7) is -8.42. The van der Waals surface area contributed by atoms with Crippen LogP contribution >= 0.6 is 25.8 Å². The van der Waals surface area contributed by atoms with Crippen molar-refractivity contribution in [3.05, 3.63) is 40.3 Å². The number of pyridine rings is 1. The topological polar surface area (TPSA) is 247 Å². The molecule has 2 bridgehead atoms. The number of thiol groups is 1. The van der Waals surface area contributed by atoms with Gasteiger partial charge in [0.05, 0.1) is 31.2 Å². The van der Waals surface area contributed by atoms with Crippen molar-refractivity contribution < 1.29 is 37.1 Å². The molecular weight excluding hydrogens is 636 g/mol. The minimum atomic E-state index is -4.10. The van der Waals surface area contributed by atoms with Gasteiger partial charge in [0.15, 0.2) is 23.0 Å². The Bertz CT molecular complexity index is 1860. The number of hydrogen-bond acceptors (Lipinski definition) is 14. The number of rotatable bonds is 2. The van der Waals surface area contributed by atoms with Gasteiger partial charge in [0.25, 0.3) is 5.56 Å². The number of imidazole rings is 2. The standard InChI is InChI=1S/C20H23N9O9P2S2/c21-15(30)9-3-11-16(23-5-9)28-1-2-34-39(32,41)35-6-10-4-12(38-40(33,42)36-7-13(28)25-11)19(37-10)29-8-24-14-17(29)26-20(22)27-18(14)31/h3,5,8,10,12,19H,1-2,4,6-7H2,(H2,21,30)(H,32,41)(H,33,42)(H3,22,26,27,31)/t10-,12+,19+,39?,40?/m0/s1. The number of anilines is 1. The molecule has 1 fully saturated rings. The molecule has 4 aromatic heterocycles. The molecular formula is C20H23N9O9P2S2. The number of ether oxygens (including phenoxy) is 1. The summed E-state index contributed by atoms with van der Waals surface area (Å²) in [6.07, 6.45) is -0.0679. The van der Waals surface area contributed by atoms with E-state index in [9.17, 15) is 19.0 Å². The van der Waals surface area contributed by atoms with Gasteiger partial charge in [-0.05, 0) is 17.9 Å². The van der Waals surface area contributed by atoms with Crippen LogP contribution in [0, 0.1) is 0 Å². The lowest BCUT2D eigenvalue weighted by atomic mass is 10.2. The van der Waals surface area contributed by atoms with Gasteiger partial charge in [-0.15, -0.1) is 0 Å². The summed E-state index contributed by atoms with van der Waals surface area (Å²) < 4.78 is 45.0. The Morgan fingerprint density at radius 1 is 1.24 bits per heavy atom. The number of carbonyl (C=O) groups is 1. The number of nitrogens with two attached hydrogens (primary N) is 2. The van der Waals surface area contributed by atoms with E-state index < -0.39 is 43.4 Å². The first-order valence-corrected chi connectivity index (χ1v) is 17.5. The quantitative estimate of drug-likeness (QED) is 0.147. The highest BCUT2D eigenvalue weighted by Gasteiger charge is 2.43. The fourth-order valence-electron chi connectivity index (χ4n) is 4.63. The summed E-state index contributed by atoms with van der Waals surface area (Å²) in [5.74, 6) is -0.611. The number of nitrogens with zero attached hydrogens (tertiary/aromatic N) is 6. The zero-order valence-electron chi connectivity index (χ0n) is 21.3. The summed E-state index contributed by atoms with van der Waals surface area (Å²) >= 11 is 9.34. The first-order valence-electron chi connectivity index (χ1n) is 12.2. The van der Waals surface area contributed by atoms with Crippen LogP contribution in [0.4, 0.5) is 5.95 Å². The second kappa shape index (κ2) is 11.1. The summed E-state index contributed by atoms with van der Waals surface area (Å²) in [7, 11) is 0. The van der Waals surface area contributed by atoms with Crippen molar-refractivity contribution in [2.24, 2.45) is 5.73 Å². The average Bonchev–Trinajstić information content (AvgIpc) is 3.60. The Kier molecular flexibility index (Phi) is 7.72. The van der Waals surface area contributed by atoms with Crippen LogP contribution in [0.2, 0.25) is 0 Å². The molecule has 224 valence electrons. The summed E-state index contributed by atoms with van der Waals surface area (Å²) in [5, 5.41) is 0. The number of amides is 1. The van der Waals surface area contributed by atoms with E-state index in [4.69, 9.17) is 46.1 Å². The van der Waals surface area contributed by atoms with E-state index >= 15 is 0 Å². The molecule has 0 aromatic carbocycles. The zero-order chi connectivity index (χ0) is 29.8. The first kappa shape index (κ1) is 29.3. The van der Waals surface area contributed by atoms with Crippen molar-refractivity contribution in [3.63, 3.8) is 0 Å². The Morgan fingerprint density at radius 2 is 2.05 bits per heavy atom. The number of fused-ring (bicyclic) bond motifs is 6. The van der Waals surface area contributed by atoms with Gasteiger partial charge in [-0.3, -0.25) is 28.2 Å². The number of nitrogen functional groups attached to an aromatic ring is 1. The van der Waals surface area contributed by atoms with Crippen LogP contribution < -0.4 is 17.0 Å². The first-order chi connectivity index (χ1) is 19.9. The summed E-state index contributed by atoms with van der Waals surface area (Å²) in [4.78, 5) is 53.9. The Morgan fingerprint density at radius 3 is 2.83 bits per heavy atom. The number of nitrogens with one attached hydrogen (secondary N) is 1. The summed E-state index contributed by atoms with van der Waals surface area (Å²) in [6, 6.07) is 1.45. The van der Waals surface area contributed by atoms with Crippen LogP contribution in [0.1, 0.15) is 28.8 Å². The van der Waals surface area contributed by atoms with E-state index in [0.29, 0.717) is 11.2 Å². The molecule has 42 heavy (non-hydrogen) atoms. The highest BCUT2D eigenvalue weighted by molar-refractivity contribution is 8.44. The molecule has 0 spiro atoms. The van der Waals surface area contributed by atoms with E-state index in [-0.39, 0.29) is 61.3 Å². The molecule has 2 aliphatic heterocycles. The molecule has 2 unspecified atom stereocenters. The molecule has 1 saturated heterocycles. The Hall–Kier alpha value is -2.77. The SMILES string of the molecule is NC(=O)c1cnc2c(c1)nc1n2CCOP(O)(=S)OC[C@@H]2C[C@@H](OP(=O)(S)OC1)[C@H](n1cnc3c(=O)[nH]c(N)nc31)O2. The zero-order valence-corrected chi connectivity index (χ0v) is 24.8. The van der Waals surface area contributed by atoms with E-state index in [1.807, 2.05) is 0 Å². The van der Waals surface area contributed by atoms with Crippen LogP contribution in [0.15, 0.2) is 23.4 Å². The number of carbonyl (C=O) groups excluding carboxylic acids is 1. The van der Waals surface area contributed by atoms with Crippen molar-refractivity contribution in [2.45, 2.75) is 38.0 Å². The molecule has 1 amide bonds. The summed E-state index contributed by atoms with van der Waals surface area (Å²) in [5.41, 5.74) is 11.4. The monoisotopic (exact) mass is 659 g/mol. The van der Waals surface area contributed by atoms with E-state index in [2.05, 4.69) is 37.2 Å². The molecule has 5 atom stereocenters. The molecule has 6 rings (SSSR count). The lowest BCUT2D eigenvalue weighted by Crippen LogP contribution is -2.22. The third kappa shape index (κ3) is 5.87. The predicted molar refractivity (Wildman–Crippen MR) is 152 cm³/mol. The number of aromatic nitrogens is 7. The molecule has 4 aromatic rings. The average molecular weight is 660 g/mol. The molecule has 0 aliphatic carbocycles. The normalized spacial score (nSPS) is 29.2. The van der Waals surface area contributed by atoms with Gasteiger partial charge >= 0.3 is 13.5 Å². The minimum absolute atomic E-state index is 0.00929. The fourth-order valence-corrected chi connectivity index (χ4v) is 7.19. The molecule has 2 aliphatic rings. The molecule has 22 heteroatoms. The molecule has 0 saturated carbocycles. The van der Waals surface area contributed by atoms with Gasteiger partial charge in [-0.1, -0.05) is 12.2 Å². The lowest BCUT2D eigenvalue weighted by Gasteiger charge is -2.23. The maximum absolute atomic E-state index is 13.5.